The molecule has 3 saturated heterocycles. The van der Waals surface area contributed by atoms with Gasteiger partial charge in [-0.3, -0.25) is 14.4 Å². The lowest BCUT2D eigenvalue weighted by atomic mass is 9.83. The molecule has 3 heterocycles. The van der Waals surface area contributed by atoms with E-state index in [4.69, 9.17) is 9.47 Å². The number of likely N-dealkylation sites (tertiary alicyclic amines) is 2. The molecule has 1 saturated carbocycles. The van der Waals surface area contributed by atoms with Crippen molar-refractivity contribution in [3.63, 3.8) is 0 Å². The molecular weight excluding hydrogens is 482 g/mol. The molecular formula is C30H43N3O5. The molecule has 0 spiro atoms. The normalized spacial score (nSPS) is 27.9. The van der Waals surface area contributed by atoms with E-state index in [0.29, 0.717) is 24.6 Å². The molecule has 8 heteroatoms. The summed E-state index contributed by atoms with van der Waals surface area (Å²) in [5.74, 6) is 0.0944. The number of hydrogen-bond donors (Lipinski definition) is 1. The zero-order valence-electron chi connectivity index (χ0n) is 22.9. The zero-order valence-corrected chi connectivity index (χ0v) is 22.9. The maximum absolute atomic E-state index is 14.0. The fourth-order valence-electron chi connectivity index (χ4n) is 6.94. The van der Waals surface area contributed by atoms with Gasteiger partial charge in [0.2, 0.25) is 5.91 Å². The Balaban J connectivity index is 1.30. The van der Waals surface area contributed by atoms with Crippen LogP contribution in [0.25, 0.3) is 0 Å². The predicted octanol–water partition coefficient (Wildman–Crippen LogP) is 3.15. The third kappa shape index (κ3) is 5.68. The number of benzene rings is 1. The number of fused-ring (bicyclic) bond motifs is 1. The van der Waals surface area contributed by atoms with Gasteiger partial charge in [0, 0.05) is 12.2 Å². The van der Waals surface area contributed by atoms with Crippen molar-refractivity contribution in [2.24, 2.45) is 5.92 Å². The molecule has 4 aliphatic rings. The van der Waals surface area contributed by atoms with Crippen molar-refractivity contribution in [3.05, 3.63) is 35.4 Å². The van der Waals surface area contributed by atoms with Crippen molar-refractivity contribution in [1.82, 2.24) is 15.1 Å². The van der Waals surface area contributed by atoms with E-state index < -0.39 is 18.2 Å². The van der Waals surface area contributed by atoms with Gasteiger partial charge in [-0.1, -0.05) is 38.3 Å². The fraction of sp³-hybridized carbons (Fsp3) is 0.700. The van der Waals surface area contributed by atoms with Gasteiger partial charge >= 0.3 is 0 Å². The Labute approximate surface area is 226 Å². The minimum atomic E-state index is -0.657. The minimum Gasteiger partial charge on any atom is -0.374 e. The molecule has 1 aromatic rings. The van der Waals surface area contributed by atoms with Gasteiger partial charge in [0.05, 0.1) is 6.54 Å². The van der Waals surface area contributed by atoms with Crippen LogP contribution in [-0.2, 0) is 19.1 Å². The Morgan fingerprint density at radius 2 is 1.76 bits per heavy atom. The summed E-state index contributed by atoms with van der Waals surface area (Å²) in [4.78, 5) is 44.2. The van der Waals surface area contributed by atoms with Crippen LogP contribution in [0.4, 0.5) is 0 Å². The van der Waals surface area contributed by atoms with E-state index in [9.17, 15) is 14.4 Å². The molecule has 2 amide bonds. The molecule has 0 aromatic heterocycles. The molecule has 1 aromatic carbocycles. The zero-order chi connectivity index (χ0) is 26.6. The van der Waals surface area contributed by atoms with Gasteiger partial charge in [-0.15, -0.1) is 0 Å². The summed E-state index contributed by atoms with van der Waals surface area (Å²) in [5, 5.41) is 3.10. The largest absolute Gasteiger partial charge is 0.374 e. The summed E-state index contributed by atoms with van der Waals surface area (Å²) >= 11 is 0. The number of nitrogens with one attached hydrogen (secondary N) is 1. The van der Waals surface area contributed by atoms with E-state index >= 15 is 0 Å². The molecule has 208 valence electrons. The van der Waals surface area contributed by atoms with Gasteiger partial charge < -0.3 is 24.6 Å². The number of hydrogen-bond acceptors (Lipinski definition) is 6. The highest BCUT2D eigenvalue weighted by molar-refractivity contribution is 5.99. The number of amides is 2. The van der Waals surface area contributed by atoms with E-state index in [-0.39, 0.29) is 36.2 Å². The topological polar surface area (TPSA) is 88.2 Å². The van der Waals surface area contributed by atoms with Gasteiger partial charge in [0.15, 0.2) is 5.78 Å². The molecule has 1 N–H and O–H groups in total. The molecule has 1 aliphatic carbocycles. The number of ether oxygens (including phenoxy) is 2. The van der Waals surface area contributed by atoms with Crippen molar-refractivity contribution in [2.75, 3.05) is 39.4 Å². The summed E-state index contributed by atoms with van der Waals surface area (Å²) in [6, 6.07) is 6.65. The smallest absolute Gasteiger partial charge is 0.251 e. The summed E-state index contributed by atoms with van der Waals surface area (Å²) < 4.78 is 11.6. The van der Waals surface area contributed by atoms with Crippen LogP contribution in [0.5, 0.6) is 0 Å². The van der Waals surface area contributed by atoms with Crippen molar-refractivity contribution < 1.29 is 23.9 Å². The van der Waals surface area contributed by atoms with Crippen molar-refractivity contribution in [2.45, 2.75) is 89.0 Å². The molecule has 4 atom stereocenters. The number of rotatable bonds is 8. The number of nitrogens with zero attached hydrogens (tertiary/aromatic N) is 2. The van der Waals surface area contributed by atoms with E-state index in [0.717, 1.165) is 64.6 Å². The maximum Gasteiger partial charge on any atom is 0.251 e. The monoisotopic (exact) mass is 525 g/mol. The number of piperidine rings is 1. The highest BCUT2D eigenvalue weighted by atomic mass is 16.6. The average molecular weight is 526 g/mol. The van der Waals surface area contributed by atoms with Crippen LogP contribution in [0.15, 0.2) is 24.3 Å². The van der Waals surface area contributed by atoms with E-state index in [1.165, 1.54) is 5.56 Å². The summed E-state index contributed by atoms with van der Waals surface area (Å²) in [6.45, 7) is 8.25. The maximum atomic E-state index is 14.0. The molecule has 0 radical (unpaired) electrons. The van der Waals surface area contributed by atoms with Crippen LogP contribution in [0.3, 0.4) is 0 Å². The van der Waals surface area contributed by atoms with Crippen molar-refractivity contribution in [3.8, 4) is 0 Å². The van der Waals surface area contributed by atoms with Gasteiger partial charge in [-0.05, 0) is 81.8 Å². The average Bonchev–Trinajstić information content (AvgIpc) is 3.52. The minimum absolute atomic E-state index is 0.00691. The number of ketones is 1. The predicted molar refractivity (Wildman–Crippen MR) is 144 cm³/mol. The van der Waals surface area contributed by atoms with Crippen LogP contribution in [-0.4, -0.2) is 91.1 Å². The van der Waals surface area contributed by atoms with E-state index in [1.807, 2.05) is 19.1 Å². The van der Waals surface area contributed by atoms with Crippen LogP contribution in [0.2, 0.25) is 0 Å². The number of carbonyl (C=O) groups excluding carboxylic acids is 3. The van der Waals surface area contributed by atoms with Crippen LogP contribution in [0.1, 0.15) is 80.6 Å². The number of Topliss-reactive ketones (excluding diaryl/α,β-unsaturated/α-hetero) is 1. The molecule has 38 heavy (non-hydrogen) atoms. The Morgan fingerprint density at radius 3 is 2.42 bits per heavy atom. The van der Waals surface area contributed by atoms with Crippen molar-refractivity contribution in [1.29, 1.82) is 0 Å². The molecule has 5 rings (SSSR count). The van der Waals surface area contributed by atoms with E-state index in [1.54, 1.807) is 4.90 Å². The van der Waals surface area contributed by atoms with Gasteiger partial charge in [0.25, 0.3) is 5.91 Å². The summed E-state index contributed by atoms with van der Waals surface area (Å²) in [7, 11) is 0. The lowest BCUT2D eigenvalue weighted by Gasteiger charge is -2.34. The second kappa shape index (κ2) is 12.3. The summed E-state index contributed by atoms with van der Waals surface area (Å²) in [6.07, 6.45) is 6.57. The fourth-order valence-corrected chi connectivity index (χ4v) is 6.94. The third-order valence-corrected chi connectivity index (χ3v) is 9.15. The first kappa shape index (κ1) is 27.3. The molecule has 8 nitrogen and oxygen atoms in total. The van der Waals surface area contributed by atoms with Gasteiger partial charge in [0.1, 0.15) is 30.9 Å². The van der Waals surface area contributed by atoms with Crippen molar-refractivity contribution >= 4 is 17.6 Å². The highest BCUT2D eigenvalue weighted by Gasteiger charge is 2.54. The Hall–Kier alpha value is -2.29. The SMILES string of the molecule is CCO[C@H]1CN(C(=O)[C@@H](NC(=O)c2ccc(C3CCN(CC)CC3)cc2)C2CCCCC2)[C@@H]2C(=O)CO[C@H]12. The molecule has 4 fully saturated rings. The molecule has 0 unspecified atom stereocenters. The quantitative estimate of drug-likeness (QED) is 0.561. The van der Waals surface area contributed by atoms with E-state index in [2.05, 4.69) is 29.3 Å². The first-order valence-electron chi connectivity index (χ1n) is 14.7. The summed E-state index contributed by atoms with van der Waals surface area (Å²) in [5.41, 5.74) is 1.85. The molecule has 3 aliphatic heterocycles. The van der Waals surface area contributed by atoms with Gasteiger partial charge in [-0.2, -0.15) is 0 Å². The standard InChI is InChI=1S/C30H43N3O5/c1-3-32-16-14-21(15-17-32)20-10-12-23(13-11-20)29(35)31-26(22-8-6-5-7-9-22)30(36)33-18-25(37-4-2)28-27(33)24(34)19-38-28/h10-13,21-22,25-28H,3-9,14-19H2,1-2H3,(H,31,35)/t25-,26-,27+,28+/m0/s1. The van der Waals surface area contributed by atoms with Crippen LogP contribution in [0, 0.1) is 5.92 Å². The first-order valence-corrected chi connectivity index (χ1v) is 14.7. The lowest BCUT2D eigenvalue weighted by Crippen LogP contribution is -2.55. The second-order valence-electron chi connectivity index (χ2n) is 11.4. The molecule has 0 bridgehead atoms. The van der Waals surface area contributed by atoms with Crippen LogP contribution < -0.4 is 5.32 Å². The lowest BCUT2D eigenvalue weighted by molar-refractivity contribution is -0.139. The van der Waals surface area contributed by atoms with Gasteiger partial charge in [-0.25, -0.2) is 0 Å². The first-order chi connectivity index (χ1) is 18.5. The Kier molecular flexibility index (Phi) is 8.81. The number of carbonyl (C=O) groups is 3. The Bertz CT molecular complexity index is 984. The third-order valence-electron chi connectivity index (χ3n) is 9.15. The highest BCUT2D eigenvalue weighted by Crippen LogP contribution is 2.33. The van der Waals surface area contributed by atoms with Crippen LogP contribution >= 0.6 is 0 Å². The Morgan fingerprint density at radius 1 is 1.05 bits per heavy atom. The second-order valence-corrected chi connectivity index (χ2v) is 11.4.